The molecular weight excluding hydrogens is 214 g/mol. The van der Waals surface area contributed by atoms with Gasteiger partial charge >= 0.3 is 0 Å². The summed E-state index contributed by atoms with van der Waals surface area (Å²) < 4.78 is 5.71. The Balaban J connectivity index is 2.21. The van der Waals surface area contributed by atoms with Crippen molar-refractivity contribution in [2.24, 2.45) is 0 Å². The van der Waals surface area contributed by atoms with Crippen molar-refractivity contribution in [3.63, 3.8) is 0 Å². The third kappa shape index (κ3) is 3.03. The Morgan fingerprint density at radius 3 is 2.88 bits per heavy atom. The fourth-order valence-electron chi connectivity index (χ4n) is 1.88. The minimum absolute atomic E-state index is 0.0356. The van der Waals surface area contributed by atoms with E-state index < -0.39 is 0 Å². The van der Waals surface area contributed by atoms with Crippen LogP contribution in [0, 0.1) is 6.92 Å². The molecule has 1 aliphatic heterocycles. The van der Waals surface area contributed by atoms with Crippen molar-refractivity contribution >= 4 is 0 Å². The van der Waals surface area contributed by atoms with Gasteiger partial charge < -0.3 is 10.1 Å². The summed E-state index contributed by atoms with van der Waals surface area (Å²) in [6.45, 7) is 5.70. The molecule has 1 aromatic rings. The maximum absolute atomic E-state index is 5.71. The normalized spacial score (nSPS) is 17.2. The molecule has 1 aliphatic rings. The van der Waals surface area contributed by atoms with Crippen LogP contribution in [0.25, 0.3) is 0 Å². The summed E-state index contributed by atoms with van der Waals surface area (Å²) in [6.07, 6.45) is 7.95. The molecule has 0 radical (unpaired) electrons. The van der Waals surface area contributed by atoms with Gasteiger partial charge in [0.05, 0.1) is 24.2 Å². The number of nitrogens with zero attached hydrogens (tertiary/aromatic N) is 2. The molecule has 4 nitrogen and oxygen atoms in total. The quantitative estimate of drug-likeness (QED) is 0.865. The average Bonchev–Trinajstić information content (AvgIpc) is 2.38. The highest BCUT2D eigenvalue weighted by atomic mass is 16.5. The van der Waals surface area contributed by atoms with E-state index in [1.54, 1.807) is 6.20 Å². The molecule has 0 aromatic carbocycles. The highest BCUT2D eigenvalue weighted by Crippen LogP contribution is 2.24. The molecular formula is C13H19N3O. The Hall–Kier alpha value is -1.42. The van der Waals surface area contributed by atoms with E-state index in [0.29, 0.717) is 0 Å². The third-order valence-electron chi connectivity index (χ3n) is 2.75. The second-order valence-electron chi connectivity index (χ2n) is 4.17. The zero-order chi connectivity index (χ0) is 12.1. The first-order valence-corrected chi connectivity index (χ1v) is 6.16. The van der Waals surface area contributed by atoms with Gasteiger partial charge in [0.15, 0.2) is 0 Å². The third-order valence-corrected chi connectivity index (χ3v) is 2.75. The summed E-state index contributed by atoms with van der Waals surface area (Å²) in [4.78, 5) is 8.72. The van der Waals surface area contributed by atoms with E-state index in [1.165, 1.54) is 0 Å². The predicted octanol–water partition coefficient (Wildman–Crippen LogP) is 2.13. The van der Waals surface area contributed by atoms with E-state index in [9.17, 15) is 0 Å². The van der Waals surface area contributed by atoms with Crippen LogP contribution in [0.1, 0.15) is 37.2 Å². The van der Waals surface area contributed by atoms with E-state index in [0.717, 1.165) is 43.1 Å². The van der Waals surface area contributed by atoms with Crippen molar-refractivity contribution in [3.8, 4) is 0 Å². The lowest BCUT2D eigenvalue weighted by atomic mass is 10.1. The van der Waals surface area contributed by atoms with Gasteiger partial charge in [0.2, 0.25) is 0 Å². The van der Waals surface area contributed by atoms with Crippen LogP contribution in [-0.2, 0) is 4.74 Å². The molecule has 0 bridgehead atoms. The van der Waals surface area contributed by atoms with Crippen molar-refractivity contribution in [2.75, 3.05) is 13.2 Å². The van der Waals surface area contributed by atoms with Crippen molar-refractivity contribution in [2.45, 2.75) is 32.7 Å². The minimum atomic E-state index is 0.0356. The lowest BCUT2D eigenvalue weighted by Crippen LogP contribution is -2.26. The highest BCUT2D eigenvalue weighted by Gasteiger charge is 2.20. The minimum Gasteiger partial charge on any atom is -0.496 e. The van der Waals surface area contributed by atoms with Crippen LogP contribution in [0.4, 0.5) is 0 Å². The number of hydrogen-bond donors (Lipinski definition) is 1. The second-order valence-corrected chi connectivity index (χ2v) is 4.17. The van der Waals surface area contributed by atoms with Gasteiger partial charge in [-0.05, 0) is 32.4 Å². The fraction of sp³-hybridized carbons (Fsp3) is 0.538. The molecule has 0 amide bonds. The standard InChI is InChI=1S/C13H19N3O/c1-3-14-13(12-6-4-5-7-17-12)11-9-15-10(2)8-16-11/h6,8-9,13-14H,3-5,7H2,1-2H3. The van der Waals surface area contributed by atoms with Crippen molar-refractivity contribution in [1.82, 2.24) is 15.3 Å². The highest BCUT2D eigenvalue weighted by molar-refractivity contribution is 5.18. The van der Waals surface area contributed by atoms with Crippen molar-refractivity contribution in [1.29, 1.82) is 0 Å². The molecule has 1 aromatic heterocycles. The first-order valence-electron chi connectivity index (χ1n) is 6.16. The van der Waals surface area contributed by atoms with Gasteiger partial charge in [-0.3, -0.25) is 9.97 Å². The number of nitrogens with one attached hydrogen (secondary N) is 1. The van der Waals surface area contributed by atoms with Crippen molar-refractivity contribution in [3.05, 3.63) is 35.6 Å². The van der Waals surface area contributed by atoms with Crippen LogP contribution in [0.5, 0.6) is 0 Å². The molecule has 92 valence electrons. The Morgan fingerprint density at radius 2 is 2.29 bits per heavy atom. The van der Waals surface area contributed by atoms with Gasteiger partial charge in [0.25, 0.3) is 0 Å². The van der Waals surface area contributed by atoms with E-state index >= 15 is 0 Å². The van der Waals surface area contributed by atoms with Crippen LogP contribution in [-0.4, -0.2) is 23.1 Å². The molecule has 17 heavy (non-hydrogen) atoms. The predicted molar refractivity (Wildman–Crippen MR) is 66.5 cm³/mol. The van der Waals surface area contributed by atoms with Crippen molar-refractivity contribution < 1.29 is 4.74 Å². The summed E-state index contributed by atoms with van der Waals surface area (Å²) in [5, 5.41) is 3.39. The molecule has 2 rings (SSSR count). The number of likely N-dealkylation sites (N-methyl/N-ethyl adjacent to an activating group) is 1. The summed E-state index contributed by atoms with van der Waals surface area (Å²) in [5.74, 6) is 0.983. The molecule has 1 N–H and O–H groups in total. The average molecular weight is 233 g/mol. The molecule has 4 heteroatoms. The molecule has 0 saturated heterocycles. The number of ether oxygens (including phenoxy) is 1. The number of hydrogen-bond acceptors (Lipinski definition) is 4. The number of allylic oxidation sites excluding steroid dienone is 1. The summed E-state index contributed by atoms with van der Waals surface area (Å²) in [7, 11) is 0. The SMILES string of the molecule is CCNC(C1=CCCCO1)c1cnc(C)cn1. The van der Waals surface area contributed by atoms with E-state index in [1.807, 2.05) is 13.1 Å². The zero-order valence-electron chi connectivity index (χ0n) is 10.4. The molecule has 0 spiro atoms. The Labute approximate surface area is 102 Å². The first-order chi connectivity index (χ1) is 8.31. The van der Waals surface area contributed by atoms with E-state index in [-0.39, 0.29) is 6.04 Å². The van der Waals surface area contributed by atoms with Gasteiger partial charge in [-0.15, -0.1) is 0 Å². The van der Waals surface area contributed by atoms with Crippen LogP contribution in [0.2, 0.25) is 0 Å². The number of aromatic nitrogens is 2. The largest absolute Gasteiger partial charge is 0.496 e. The van der Waals surface area contributed by atoms with E-state index in [2.05, 4.69) is 28.3 Å². The molecule has 1 unspecified atom stereocenters. The Bertz CT molecular complexity index is 386. The van der Waals surface area contributed by atoms with Crippen LogP contribution >= 0.6 is 0 Å². The molecule has 0 fully saturated rings. The molecule has 1 atom stereocenters. The van der Waals surface area contributed by atoms with Gasteiger partial charge in [-0.1, -0.05) is 6.92 Å². The van der Waals surface area contributed by atoms with Crippen LogP contribution in [0.3, 0.4) is 0 Å². The summed E-state index contributed by atoms with van der Waals surface area (Å²) >= 11 is 0. The molecule has 2 heterocycles. The Morgan fingerprint density at radius 1 is 1.41 bits per heavy atom. The topological polar surface area (TPSA) is 47.0 Å². The lowest BCUT2D eigenvalue weighted by Gasteiger charge is -2.23. The van der Waals surface area contributed by atoms with Gasteiger partial charge in [-0.25, -0.2) is 0 Å². The summed E-state index contributed by atoms with van der Waals surface area (Å²) in [6, 6.07) is 0.0356. The number of aryl methyl sites for hydroxylation is 1. The van der Waals surface area contributed by atoms with Crippen LogP contribution in [0.15, 0.2) is 24.2 Å². The van der Waals surface area contributed by atoms with Gasteiger partial charge in [0.1, 0.15) is 11.8 Å². The zero-order valence-corrected chi connectivity index (χ0v) is 10.4. The Kier molecular flexibility index (Phi) is 4.09. The summed E-state index contributed by atoms with van der Waals surface area (Å²) in [5.41, 5.74) is 1.85. The molecule has 0 aliphatic carbocycles. The van der Waals surface area contributed by atoms with Gasteiger partial charge in [0, 0.05) is 6.20 Å². The van der Waals surface area contributed by atoms with E-state index in [4.69, 9.17) is 4.74 Å². The molecule has 0 saturated carbocycles. The number of rotatable bonds is 4. The second kappa shape index (κ2) is 5.77. The first kappa shape index (κ1) is 12.0. The van der Waals surface area contributed by atoms with Gasteiger partial charge in [-0.2, -0.15) is 0 Å². The monoisotopic (exact) mass is 233 g/mol. The smallest absolute Gasteiger partial charge is 0.115 e. The maximum Gasteiger partial charge on any atom is 0.115 e. The maximum atomic E-state index is 5.71. The lowest BCUT2D eigenvalue weighted by molar-refractivity contribution is 0.167. The fourth-order valence-corrected chi connectivity index (χ4v) is 1.88. The van der Waals surface area contributed by atoms with Crippen LogP contribution < -0.4 is 5.32 Å².